The molecule has 1 aromatic carbocycles. The van der Waals surface area contributed by atoms with Crippen molar-refractivity contribution in [3.63, 3.8) is 0 Å². The van der Waals surface area contributed by atoms with Gasteiger partial charge in [-0.15, -0.1) is 0 Å². The number of carbonyl (C=O) groups excluding carboxylic acids is 1. The van der Waals surface area contributed by atoms with Gasteiger partial charge in [0.15, 0.2) is 0 Å². The van der Waals surface area contributed by atoms with Crippen LogP contribution >= 0.6 is 0 Å². The van der Waals surface area contributed by atoms with Gasteiger partial charge in [-0.2, -0.15) is 26.7 Å². The van der Waals surface area contributed by atoms with Gasteiger partial charge in [-0.25, -0.2) is 13.8 Å². The Bertz CT molecular complexity index is 1350. The quantitative estimate of drug-likeness (QED) is 0.517. The van der Waals surface area contributed by atoms with E-state index in [2.05, 4.69) is 21.2 Å². The van der Waals surface area contributed by atoms with Crippen LogP contribution < -0.4 is 14.3 Å². The summed E-state index contributed by atoms with van der Waals surface area (Å²) in [5.74, 6) is 0. The molecule has 1 spiro atoms. The number of nitrogens with zero attached hydrogens (tertiary/aromatic N) is 4. The van der Waals surface area contributed by atoms with E-state index in [4.69, 9.17) is 0 Å². The average molecular weight is 576 g/mol. The molecule has 1 aromatic heterocycles. The van der Waals surface area contributed by atoms with Crippen LogP contribution in [0.4, 0.5) is 29.3 Å². The largest absolute Gasteiger partial charge is 0.401 e. The van der Waals surface area contributed by atoms with Gasteiger partial charge in [-0.05, 0) is 79.0 Å². The number of benzene rings is 1. The second-order valence-electron chi connectivity index (χ2n) is 11.3. The normalized spacial score (nSPS) is 20.0. The molecule has 0 atom stereocenters. The Hall–Kier alpha value is -1.80. The molecule has 1 saturated carbocycles. The second kappa shape index (κ2) is 10.2. The van der Waals surface area contributed by atoms with Gasteiger partial charge in [0.2, 0.25) is 0 Å². The van der Waals surface area contributed by atoms with Gasteiger partial charge in [0.1, 0.15) is 0 Å². The molecule has 1 radical (unpaired) electrons. The fraction of sp³-hybridized carbons (Fsp3) is 0.600. The monoisotopic (exact) mass is 575 g/mol. The van der Waals surface area contributed by atoms with E-state index in [1.54, 1.807) is 13.2 Å². The first-order valence-corrected chi connectivity index (χ1v) is 14.4. The maximum atomic E-state index is 13.6. The minimum absolute atomic E-state index is 0. The first-order chi connectivity index (χ1) is 17.9. The minimum atomic E-state index is -4.32. The van der Waals surface area contributed by atoms with Crippen LogP contribution in [-0.4, -0.2) is 90.5 Å². The molecule has 3 aliphatic carbocycles. The van der Waals surface area contributed by atoms with Gasteiger partial charge in [0, 0.05) is 67.6 Å². The van der Waals surface area contributed by atoms with Crippen LogP contribution in [-0.2, 0) is 42.9 Å². The Balaban J connectivity index is 0.00000308. The maximum absolute atomic E-state index is 13.6. The number of halogens is 3. The van der Waals surface area contributed by atoms with Crippen molar-refractivity contribution in [1.82, 2.24) is 19.4 Å². The van der Waals surface area contributed by atoms with E-state index in [9.17, 15) is 26.4 Å². The molecule has 14 heteroatoms. The number of anilines is 2. The first kappa shape index (κ1) is 28.7. The van der Waals surface area contributed by atoms with Crippen LogP contribution in [0.25, 0.3) is 0 Å². The van der Waals surface area contributed by atoms with E-state index in [0.717, 1.165) is 59.6 Å². The molecular formula is C25H31F3N6NaO3S. The number of hydrogen-bond donors (Lipinski definition) is 2. The molecule has 2 fully saturated rings. The Kier molecular flexibility index (Phi) is 7.54. The maximum Gasteiger partial charge on any atom is 0.401 e. The van der Waals surface area contributed by atoms with Crippen molar-refractivity contribution in [2.24, 2.45) is 12.5 Å². The number of aromatic nitrogens is 2. The standard InChI is InChI=1S/C25H31F3N6O3S.Na/c1-32-12-19(11-29-32)34(18-9-24(10-18)13-33(14-24)15-25(26,27)28)38(36,37)31-23(35)30-22-20-6-2-4-16(20)8-17-5-3-7-21(17)22;/h8,11-12,18H,2-7,9-10,13-15H2,1H3,(H2,30,31,35);. The summed E-state index contributed by atoms with van der Waals surface area (Å²) in [6, 6.07) is 0.933. The molecule has 0 unspecified atom stereocenters. The van der Waals surface area contributed by atoms with Gasteiger partial charge < -0.3 is 5.32 Å². The van der Waals surface area contributed by atoms with Crippen molar-refractivity contribution in [2.75, 3.05) is 29.3 Å². The van der Waals surface area contributed by atoms with Gasteiger partial charge in [0.25, 0.3) is 0 Å². The summed E-state index contributed by atoms with van der Waals surface area (Å²) in [5.41, 5.74) is 5.35. The van der Waals surface area contributed by atoms with E-state index in [1.807, 2.05) is 0 Å². The predicted molar refractivity (Wildman–Crippen MR) is 141 cm³/mol. The molecule has 207 valence electrons. The van der Waals surface area contributed by atoms with Crippen LogP contribution in [0, 0.1) is 5.41 Å². The summed E-state index contributed by atoms with van der Waals surface area (Å²) >= 11 is 0. The topological polar surface area (TPSA) is 99.6 Å². The third kappa shape index (κ3) is 5.57. The van der Waals surface area contributed by atoms with Crippen LogP contribution in [0.15, 0.2) is 18.5 Å². The molecule has 0 bridgehead atoms. The van der Waals surface area contributed by atoms with E-state index in [0.29, 0.717) is 18.5 Å². The van der Waals surface area contributed by atoms with Crippen LogP contribution in [0.2, 0.25) is 0 Å². The van der Waals surface area contributed by atoms with Crippen LogP contribution in [0.5, 0.6) is 0 Å². The zero-order chi connectivity index (χ0) is 26.9. The summed E-state index contributed by atoms with van der Waals surface area (Å²) in [7, 11) is -2.66. The van der Waals surface area contributed by atoms with Gasteiger partial charge in [0.05, 0.1) is 18.4 Å². The SMILES string of the molecule is Cn1cc(N(C2CC3(C2)CN(CC(F)(F)F)C3)S(=O)(=O)NC(=O)Nc2c3c(cc4c2CCC4)CCC3)cn1.[Na]. The Morgan fingerprint density at radius 2 is 1.74 bits per heavy atom. The number of amides is 2. The van der Waals surface area contributed by atoms with E-state index in [1.165, 1.54) is 26.9 Å². The number of urea groups is 1. The van der Waals surface area contributed by atoms with Crippen LogP contribution in [0.1, 0.15) is 47.9 Å². The molecule has 9 nitrogen and oxygen atoms in total. The number of fused-ring (bicyclic) bond motifs is 2. The Morgan fingerprint density at radius 1 is 1.13 bits per heavy atom. The number of rotatable bonds is 6. The van der Waals surface area contributed by atoms with E-state index < -0.39 is 35.0 Å². The molecule has 6 rings (SSSR count). The third-order valence-corrected chi connectivity index (χ3v) is 9.80. The Morgan fingerprint density at radius 3 is 2.28 bits per heavy atom. The molecule has 1 aliphatic heterocycles. The molecular weight excluding hydrogens is 544 g/mol. The van der Waals surface area contributed by atoms with Crippen molar-refractivity contribution in [3.05, 3.63) is 40.7 Å². The number of carbonyl (C=O) groups is 1. The number of aryl methyl sites for hydroxylation is 3. The molecule has 2 heterocycles. The Labute approximate surface area is 247 Å². The van der Waals surface area contributed by atoms with Crippen molar-refractivity contribution in [2.45, 2.75) is 63.6 Å². The predicted octanol–water partition coefficient (Wildman–Crippen LogP) is 2.92. The van der Waals surface area contributed by atoms with Gasteiger partial charge in [-0.3, -0.25) is 9.58 Å². The fourth-order valence-electron chi connectivity index (χ4n) is 6.97. The zero-order valence-electron chi connectivity index (χ0n) is 22.1. The molecule has 2 amide bonds. The fourth-order valence-corrected chi connectivity index (χ4v) is 8.27. The zero-order valence-corrected chi connectivity index (χ0v) is 25.0. The molecule has 2 aromatic rings. The van der Waals surface area contributed by atoms with Crippen molar-refractivity contribution < 1.29 is 26.4 Å². The van der Waals surface area contributed by atoms with Gasteiger partial charge >= 0.3 is 22.4 Å². The molecule has 2 N–H and O–H groups in total. The number of hydrogen-bond acceptors (Lipinski definition) is 5. The minimum Gasteiger partial charge on any atom is -0.307 e. The molecule has 1 saturated heterocycles. The van der Waals surface area contributed by atoms with Gasteiger partial charge in [-0.1, -0.05) is 6.07 Å². The number of likely N-dealkylation sites (tertiary alicyclic amines) is 1. The van der Waals surface area contributed by atoms with Crippen LogP contribution in [0.3, 0.4) is 0 Å². The van der Waals surface area contributed by atoms with Crippen molar-refractivity contribution in [1.29, 1.82) is 0 Å². The molecule has 4 aliphatic rings. The van der Waals surface area contributed by atoms with E-state index >= 15 is 0 Å². The number of nitrogens with one attached hydrogen (secondary N) is 2. The summed E-state index contributed by atoms with van der Waals surface area (Å²) in [5, 5.41) is 6.95. The summed E-state index contributed by atoms with van der Waals surface area (Å²) in [4.78, 5) is 14.4. The van der Waals surface area contributed by atoms with Crippen molar-refractivity contribution in [3.8, 4) is 0 Å². The average Bonchev–Trinajstić information content (AvgIpc) is 3.50. The van der Waals surface area contributed by atoms with E-state index in [-0.39, 0.29) is 48.1 Å². The first-order valence-electron chi connectivity index (χ1n) is 13.0. The number of alkyl halides is 3. The molecule has 39 heavy (non-hydrogen) atoms. The summed E-state index contributed by atoms with van der Waals surface area (Å²) < 4.78 is 70.1. The summed E-state index contributed by atoms with van der Waals surface area (Å²) in [6.45, 7) is -0.400. The second-order valence-corrected chi connectivity index (χ2v) is 12.8. The summed E-state index contributed by atoms with van der Waals surface area (Å²) in [6.07, 6.45) is 5.15. The third-order valence-electron chi connectivity index (χ3n) is 8.33. The van der Waals surface area contributed by atoms with Crippen molar-refractivity contribution >= 4 is 57.2 Å². The smallest absolute Gasteiger partial charge is 0.307 e.